The second-order valence-corrected chi connectivity index (χ2v) is 7.71. The third-order valence-corrected chi connectivity index (χ3v) is 5.86. The van der Waals surface area contributed by atoms with Crippen molar-refractivity contribution in [1.82, 2.24) is 5.32 Å². The molecule has 0 saturated carbocycles. The number of anilines is 2. The lowest BCUT2D eigenvalue weighted by Crippen LogP contribution is -2.35. The van der Waals surface area contributed by atoms with Crippen LogP contribution >= 0.6 is 11.3 Å². The van der Waals surface area contributed by atoms with Gasteiger partial charge in [-0.25, -0.2) is 4.79 Å². The van der Waals surface area contributed by atoms with E-state index in [-0.39, 0.29) is 18.0 Å². The number of urea groups is 1. The van der Waals surface area contributed by atoms with E-state index >= 15 is 0 Å². The normalized spacial score (nSPS) is 16.1. The molecule has 6 nitrogen and oxygen atoms in total. The van der Waals surface area contributed by atoms with Crippen LogP contribution in [0.3, 0.4) is 0 Å². The molecule has 1 aliphatic heterocycles. The molecule has 1 unspecified atom stereocenters. The Balaban J connectivity index is 1.50. The highest BCUT2D eigenvalue weighted by Crippen LogP contribution is 2.23. The molecule has 3 amide bonds. The summed E-state index contributed by atoms with van der Waals surface area (Å²) in [7, 11) is 0. The lowest BCUT2D eigenvalue weighted by atomic mass is 10.2. The summed E-state index contributed by atoms with van der Waals surface area (Å²) in [6, 6.07) is 8.73. The third kappa shape index (κ3) is 5.30. The summed E-state index contributed by atoms with van der Waals surface area (Å²) in [4.78, 5) is 26.2. The number of hydrogen-bond donors (Lipinski definition) is 3. The lowest BCUT2D eigenvalue weighted by molar-refractivity contribution is 0.103. The van der Waals surface area contributed by atoms with Crippen LogP contribution in [0, 0.1) is 6.92 Å². The Hall–Kier alpha value is -2.38. The average molecular weight is 388 g/mol. The highest BCUT2D eigenvalue weighted by Gasteiger charge is 2.16. The molecule has 1 atom stereocenters. The molecule has 2 heterocycles. The van der Waals surface area contributed by atoms with Crippen LogP contribution in [-0.2, 0) is 11.2 Å². The van der Waals surface area contributed by atoms with Crippen molar-refractivity contribution in [2.45, 2.75) is 39.2 Å². The average Bonchev–Trinajstić information content (AvgIpc) is 3.31. The Kier molecular flexibility index (Phi) is 6.47. The quantitative estimate of drug-likeness (QED) is 0.696. The van der Waals surface area contributed by atoms with Gasteiger partial charge in [0.05, 0.1) is 11.0 Å². The summed E-state index contributed by atoms with van der Waals surface area (Å²) >= 11 is 1.53. The summed E-state index contributed by atoms with van der Waals surface area (Å²) in [5.41, 5.74) is 2.51. The van der Waals surface area contributed by atoms with Gasteiger partial charge in [0.15, 0.2) is 0 Å². The minimum Gasteiger partial charge on any atom is -0.376 e. The first-order chi connectivity index (χ1) is 13.0. The van der Waals surface area contributed by atoms with E-state index in [4.69, 9.17) is 4.74 Å². The molecule has 1 aromatic heterocycles. The Morgan fingerprint density at radius 3 is 2.48 bits per heavy atom. The number of amides is 3. The highest BCUT2D eigenvalue weighted by atomic mass is 32.1. The smallest absolute Gasteiger partial charge is 0.319 e. The summed E-state index contributed by atoms with van der Waals surface area (Å²) in [5.74, 6) is -0.113. The zero-order valence-corrected chi connectivity index (χ0v) is 16.4. The van der Waals surface area contributed by atoms with Gasteiger partial charge in [-0.3, -0.25) is 4.79 Å². The number of ether oxygens (including phenoxy) is 1. The van der Waals surface area contributed by atoms with Crippen LogP contribution < -0.4 is 16.0 Å². The van der Waals surface area contributed by atoms with E-state index in [2.05, 4.69) is 22.9 Å². The molecular weight excluding hydrogens is 362 g/mol. The number of rotatable bonds is 6. The van der Waals surface area contributed by atoms with Crippen molar-refractivity contribution in [3.8, 4) is 0 Å². The Morgan fingerprint density at radius 1 is 1.19 bits per heavy atom. The van der Waals surface area contributed by atoms with Gasteiger partial charge in [-0.2, -0.15) is 0 Å². The first kappa shape index (κ1) is 19.4. The Bertz CT molecular complexity index is 795. The molecule has 1 aliphatic rings. The molecule has 1 saturated heterocycles. The highest BCUT2D eigenvalue weighted by molar-refractivity contribution is 7.14. The van der Waals surface area contributed by atoms with Crippen LogP contribution in [0.4, 0.5) is 16.2 Å². The van der Waals surface area contributed by atoms with Crippen molar-refractivity contribution in [2.24, 2.45) is 0 Å². The molecule has 3 rings (SSSR count). The molecule has 2 aromatic rings. The van der Waals surface area contributed by atoms with Crippen LogP contribution in [0.5, 0.6) is 0 Å². The van der Waals surface area contributed by atoms with Crippen LogP contribution in [0.2, 0.25) is 0 Å². The fourth-order valence-electron chi connectivity index (χ4n) is 3.00. The summed E-state index contributed by atoms with van der Waals surface area (Å²) < 4.78 is 5.48. The van der Waals surface area contributed by atoms with Gasteiger partial charge in [-0.1, -0.05) is 6.92 Å². The minimum atomic E-state index is -0.261. The van der Waals surface area contributed by atoms with Gasteiger partial charge in [0.1, 0.15) is 0 Å². The number of aryl methyl sites for hydroxylation is 2. The number of benzene rings is 1. The van der Waals surface area contributed by atoms with Gasteiger partial charge in [0, 0.05) is 29.4 Å². The molecule has 0 bridgehead atoms. The number of hydrogen-bond acceptors (Lipinski definition) is 4. The molecule has 3 N–H and O–H groups in total. The number of carbonyl (C=O) groups excluding carboxylic acids is 2. The largest absolute Gasteiger partial charge is 0.376 e. The van der Waals surface area contributed by atoms with Crippen molar-refractivity contribution in [1.29, 1.82) is 0 Å². The summed E-state index contributed by atoms with van der Waals surface area (Å²) in [6.07, 6.45) is 3.07. The third-order valence-electron chi connectivity index (χ3n) is 4.48. The number of thiophene rings is 1. The maximum Gasteiger partial charge on any atom is 0.319 e. The predicted octanol–water partition coefficient (Wildman–Crippen LogP) is 4.17. The van der Waals surface area contributed by atoms with Crippen LogP contribution in [0.1, 0.15) is 39.9 Å². The van der Waals surface area contributed by atoms with Crippen molar-refractivity contribution in [2.75, 3.05) is 23.8 Å². The van der Waals surface area contributed by atoms with E-state index in [1.807, 2.05) is 13.0 Å². The van der Waals surface area contributed by atoms with Gasteiger partial charge in [-0.15, -0.1) is 11.3 Å². The van der Waals surface area contributed by atoms with Crippen molar-refractivity contribution in [3.63, 3.8) is 0 Å². The van der Waals surface area contributed by atoms with Gasteiger partial charge in [-0.05, 0) is 62.1 Å². The SMILES string of the molecule is CCc1sc(C(=O)Nc2ccc(NC(=O)NCC3CCCO3)cc2)cc1C. The minimum absolute atomic E-state index is 0.113. The van der Waals surface area contributed by atoms with E-state index < -0.39 is 0 Å². The second kappa shape index (κ2) is 9.01. The molecule has 1 aromatic carbocycles. The second-order valence-electron chi connectivity index (χ2n) is 6.57. The standard InChI is InChI=1S/C20H25N3O3S/c1-3-17-13(2)11-18(27-17)19(24)22-14-6-8-15(9-7-14)23-20(25)21-12-16-5-4-10-26-16/h6-9,11,16H,3-5,10,12H2,1-2H3,(H,22,24)(H2,21,23,25). The zero-order chi connectivity index (χ0) is 19.2. The molecular formula is C20H25N3O3S. The number of carbonyl (C=O) groups is 2. The molecule has 0 radical (unpaired) electrons. The van der Waals surface area contributed by atoms with Crippen LogP contribution in [0.15, 0.2) is 30.3 Å². The Morgan fingerprint density at radius 2 is 1.89 bits per heavy atom. The molecule has 0 spiro atoms. The first-order valence-electron chi connectivity index (χ1n) is 9.22. The van der Waals surface area contributed by atoms with Gasteiger partial charge < -0.3 is 20.7 Å². The van der Waals surface area contributed by atoms with Crippen LogP contribution in [-0.4, -0.2) is 31.2 Å². The van der Waals surface area contributed by atoms with Gasteiger partial charge in [0.25, 0.3) is 5.91 Å². The maximum absolute atomic E-state index is 12.4. The van der Waals surface area contributed by atoms with E-state index in [1.54, 1.807) is 24.3 Å². The summed E-state index contributed by atoms with van der Waals surface area (Å²) in [5, 5.41) is 8.48. The maximum atomic E-state index is 12.4. The monoisotopic (exact) mass is 387 g/mol. The van der Waals surface area contributed by atoms with E-state index in [9.17, 15) is 9.59 Å². The van der Waals surface area contributed by atoms with Crippen molar-refractivity contribution >= 4 is 34.6 Å². The zero-order valence-electron chi connectivity index (χ0n) is 15.6. The molecule has 0 aliphatic carbocycles. The molecule has 27 heavy (non-hydrogen) atoms. The van der Waals surface area contributed by atoms with Crippen molar-refractivity contribution in [3.05, 3.63) is 45.6 Å². The van der Waals surface area contributed by atoms with Crippen molar-refractivity contribution < 1.29 is 14.3 Å². The fourth-order valence-corrected chi connectivity index (χ4v) is 4.01. The fraction of sp³-hybridized carbons (Fsp3) is 0.400. The van der Waals surface area contributed by atoms with Crippen LogP contribution in [0.25, 0.3) is 0 Å². The lowest BCUT2D eigenvalue weighted by Gasteiger charge is -2.12. The molecule has 144 valence electrons. The predicted molar refractivity (Wildman–Crippen MR) is 109 cm³/mol. The van der Waals surface area contributed by atoms with E-state index in [1.165, 1.54) is 16.2 Å². The van der Waals surface area contributed by atoms with Gasteiger partial charge in [0.2, 0.25) is 0 Å². The molecule has 7 heteroatoms. The van der Waals surface area contributed by atoms with E-state index in [0.29, 0.717) is 22.8 Å². The van der Waals surface area contributed by atoms with E-state index in [0.717, 1.165) is 31.4 Å². The summed E-state index contributed by atoms with van der Waals surface area (Å²) in [6.45, 7) is 5.39. The Labute approximate surface area is 163 Å². The first-order valence-corrected chi connectivity index (χ1v) is 10.0. The molecule has 1 fully saturated rings. The number of nitrogens with one attached hydrogen (secondary N) is 3. The van der Waals surface area contributed by atoms with Gasteiger partial charge >= 0.3 is 6.03 Å². The topological polar surface area (TPSA) is 79.5 Å².